The molecule has 1 aromatic heterocycles. The van der Waals surface area contributed by atoms with Crippen molar-refractivity contribution in [3.63, 3.8) is 0 Å². The van der Waals surface area contributed by atoms with Crippen molar-refractivity contribution in [2.24, 2.45) is 5.73 Å². The zero-order valence-corrected chi connectivity index (χ0v) is 8.29. The number of hydrogen-bond acceptors (Lipinski definition) is 3. The summed E-state index contributed by atoms with van der Waals surface area (Å²) in [6, 6.07) is 0. The first-order chi connectivity index (χ1) is 7.44. The molecule has 5 nitrogen and oxygen atoms in total. The Morgan fingerprint density at radius 2 is 2.25 bits per heavy atom. The molecule has 0 spiro atoms. The average Bonchev–Trinajstić information content (AvgIpc) is 2.66. The van der Waals surface area contributed by atoms with Gasteiger partial charge in [-0.25, -0.2) is 0 Å². The number of aromatic nitrogens is 2. The molecule has 0 aliphatic heterocycles. The number of nitrogens with zero attached hydrogens (tertiary/aromatic N) is 2. The summed E-state index contributed by atoms with van der Waals surface area (Å²) >= 11 is 0. The van der Waals surface area contributed by atoms with Gasteiger partial charge >= 0.3 is 6.18 Å². The molecule has 0 unspecified atom stereocenters. The van der Waals surface area contributed by atoms with Crippen LogP contribution in [0, 0.1) is 0 Å². The molecule has 3 N–H and O–H groups in total. The quantitative estimate of drug-likeness (QED) is 0.793. The van der Waals surface area contributed by atoms with E-state index in [9.17, 15) is 18.0 Å². The number of carbonyl (C=O) groups excluding carboxylic acids is 1. The first-order valence-corrected chi connectivity index (χ1v) is 4.49. The number of hydrogen-bond donors (Lipinski definition) is 2. The van der Waals surface area contributed by atoms with Gasteiger partial charge in [0.05, 0.1) is 11.8 Å². The molecule has 1 amide bonds. The van der Waals surface area contributed by atoms with Crippen molar-refractivity contribution in [2.75, 3.05) is 19.6 Å². The van der Waals surface area contributed by atoms with Crippen molar-refractivity contribution in [1.29, 1.82) is 0 Å². The summed E-state index contributed by atoms with van der Waals surface area (Å²) in [7, 11) is 0. The van der Waals surface area contributed by atoms with Crippen molar-refractivity contribution in [3.05, 3.63) is 18.0 Å². The molecule has 1 aromatic rings. The third kappa shape index (κ3) is 3.54. The molecular weight excluding hydrogens is 225 g/mol. The van der Waals surface area contributed by atoms with Crippen molar-refractivity contribution in [3.8, 4) is 0 Å². The van der Waals surface area contributed by atoms with Crippen LogP contribution in [0.15, 0.2) is 12.4 Å². The van der Waals surface area contributed by atoms with Gasteiger partial charge in [0.1, 0.15) is 6.54 Å². The zero-order chi connectivity index (χ0) is 12.2. The first-order valence-electron chi connectivity index (χ1n) is 4.49. The van der Waals surface area contributed by atoms with E-state index in [0.717, 1.165) is 0 Å². The van der Waals surface area contributed by atoms with Gasteiger partial charge in [0.2, 0.25) is 0 Å². The molecule has 0 radical (unpaired) electrons. The summed E-state index contributed by atoms with van der Waals surface area (Å²) in [5, 5.41) is 5.86. The Balaban J connectivity index is 2.74. The lowest BCUT2D eigenvalue weighted by Crippen LogP contribution is -2.41. The number of amides is 1. The molecule has 16 heavy (non-hydrogen) atoms. The van der Waals surface area contributed by atoms with Gasteiger partial charge in [-0.3, -0.25) is 9.89 Å². The predicted molar refractivity (Wildman–Crippen MR) is 49.6 cm³/mol. The van der Waals surface area contributed by atoms with Crippen LogP contribution in [0.3, 0.4) is 0 Å². The maximum Gasteiger partial charge on any atom is 0.406 e. The van der Waals surface area contributed by atoms with Crippen LogP contribution in [0.5, 0.6) is 0 Å². The molecule has 0 bridgehead atoms. The van der Waals surface area contributed by atoms with Crippen LogP contribution in [0.25, 0.3) is 0 Å². The Kier molecular flexibility index (Phi) is 3.88. The molecule has 0 saturated heterocycles. The third-order valence-electron chi connectivity index (χ3n) is 1.80. The monoisotopic (exact) mass is 236 g/mol. The lowest BCUT2D eigenvalue weighted by Gasteiger charge is -2.22. The fourth-order valence-electron chi connectivity index (χ4n) is 1.18. The Bertz CT molecular complexity index is 336. The first kappa shape index (κ1) is 12.5. The van der Waals surface area contributed by atoms with Gasteiger partial charge in [0, 0.05) is 19.3 Å². The molecule has 8 heteroatoms. The van der Waals surface area contributed by atoms with E-state index < -0.39 is 18.6 Å². The van der Waals surface area contributed by atoms with Crippen LogP contribution >= 0.6 is 0 Å². The normalized spacial score (nSPS) is 11.5. The van der Waals surface area contributed by atoms with Crippen LogP contribution in [-0.2, 0) is 0 Å². The molecular formula is C8H11F3N4O. The largest absolute Gasteiger partial charge is 0.406 e. The number of nitrogens with one attached hydrogen (secondary N) is 1. The van der Waals surface area contributed by atoms with E-state index in [2.05, 4.69) is 10.2 Å². The summed E-state index contributed by atoms with van der Waals surface area (Å²) in [6.07, 6.45) is -2.03. The Labute approximate surface area is 89.4 Å². The number of halogens is 3. The minimum Gasteiger partial charge on any atom is -0.329 e. The lowest BCUT2D eigenvalue weighted by atomic mass is 10.3. The molecule has 0 saturated carbocycles. The highest BCUT2D eigenvalue weighted by atomic mass is 19.4. The topological polar surface area (TPSA) is 75.0 Å². The van der Waals surface area contributed by atoms with E-state index in [4.69, 9.17) is 5.73 Å². The summed E-state index contributed by atoms with van der Waals surface area (Å²) in [4.78, 5) is 12.2. The van der Waals surface area contributed by atoms with Crippen LogP contribution in [-0.4, -0.2) is 46.8 Å². The van der Waals surface area contributed by atoms with E-state index in [-0.39, 0.29) is 18.7 Å². The lowest BCUT2D eigenvalue weighted by molar-refractivity contribution is -0.140. The van der Waals surface area contributed by atoms with E-state index in [1.165, 1.54) is 12.4 Å². The summed E-state index contributed by atoms with van der Waals surface area (Å²) in [5.74, 6) is -0.739. The Morgan fingerprint density at radius 3 is 2.69 bits per heavy atom. The second-order valence-electron chi connectivity index (χ2n) is 3.12. The van der Waals surface area contributed by atoms with E-state index in [1.807, 2.05) is 0 Å². The second kappa shape index (κ2) is 4.97. The maximum absolute atomic E-state index is 12.2. The molecule has 0 aromatic carbocycles. The molecule has 1 heterocycles. The molecule has 0 aliphatic rings. The summed E-state index contributed by atoms with van der Waals surface area (Å²) in [5.41, 5.74) is 5.24. The molecule has 0 fully saturated rings. The van der Waals surface area contributed by atoms with Gasteiger partial charge in [0.15, 0.2) is 0 Å². The molecule has 0 aliphatic carbocycles. The fourth-order valence-corrected chi connectivity index (χ4v) is 1.18. The van der Waals surface area contributed by atoms with Gasteiger partial charge in [0.25, 0.3) is 5.91 Å². The predicted octanol–water partition coefficient (Wildman–Crippen LogP) is 0.373. The second-order valence-corrected chi connectivity index (χ2v) is 3.12. The number of aromatic amines is 1. The standard InChI is InChI=1S/C8H11F3N4O/c9-8(10,11)5-15(2-1-12)7(16)6-3-13-14-4-6/h3-4H,1-2,5,12H2,(H,13,14). The van der Waals surface area contributed by atoms with Crippen LogP contribution in [0.1, 0.15) is 10.4 Å². The highest BCUT2D eigenvalue weighted by Crippen LogP contribution is 2.17. The fraction of sp³-hybridized carbons (Fsp3) is 0.500. The summed E-state index contributed by atoms with van der Waals surface area (Å²) in [6.45, 7) is -1.49. The van der Waals surface area contributed by atoms with E-state index in [1.54, 1.807) is 0 Å². The van der Waals surface area contributed by atoms with E-state index >= 15 is 0 Å². The smallest absolute Gasteiger partial charge is 0.329 e. The number of carbonyl (C=O) groups is 1. The van der Waals surface area contributed by atoms with Crippen LogP contribution in [0.4, 0.5) is 13.2 Å². The third-order valence-corrected chi connectivity index (χ3v) is 1.80. The number of rotatable bonds is 4. The highest BCUT2D eigenvalue weighted by Gasteiger charge is 2.33. The molecule has 1 rings (SSSR count). The molecule has 90 valence electrons. The van der Waals surface area contributed by atoms with Crippen LogP contribution in [0.2, 0.25) is 0 Å². The average molecular weight is 236 g/mol. The molecule has 0 atom stereocenters. The number of alkyl halides is 3. The SMILES string of the molecule is NCCN(CC(F)(F)F)C(=O)c1cn[nH]c1. The maximum atomic E-state index is 12.2. The van der Waals surface area contributed by atoms with Gasteiger partial charge in [-0.15, -0.1) is 0 Å². The minimum atomic E-state index is -4.44. The number of H-pyrrole nitrogens is 1. The van der Waals surface area contributed by atoms with Crippen molar-refractivity contribution < 1.29 is 18.0 Å². The van der Waals surface area contributed by atoms with Crippen LogP contribution < -0.4 is 5.73 Å². The summed E-state index contributed by atoms with van der Waals surface area (Å²) < 4.78 is 36.5. The van der Waals surface area contributed by atoms with Gasteiger partial charge < -0.3 is 10.6 Å². The van der Waals surface area contributed by atoms with Gasteiger partial charge in [-0.2, -0.15) is 18.3 Å². The van der Waals surface area contributed by atoms with Crippen molar-refractivity contribution in [2.45, 2.75) is 6.18 Å². The van der Waals surface area contributed by atoms with E-state index in [0.29, 0.717) is 4.90 Å². The number of nitrogens with two attached hydrogens (primary N) is 1. The Hall–Kier alpha value is -1.57. The highest BCUT2D eigenvalue weighted by molar-refractivity contribution is 5.93. The van der Waals surface area contributed by atoms with Gasteiger partial charge in [-0.1, -0.05) is 0 Å². The van der Waals surface area contributed by atoms with Crippen molar-refractivity contribution >= 4 is 5.91 Å². The minimum absolute atomic E-state index is 0.0281. The zero-order valence-electron chi connectivity index (χ0n) is 8.29. The Morgan fingerprint density at radius 1 is 1.56 bits per heavy atom. The van der Waals surface area contributed by atoms with Gasteiger partial charge in [-0.05, 0) is 0 Å². The van der Waals surface area contributed by atoms with Crippen molar-refractivity contribution in [1.82, 2.24) is 15.1 Å².